The van der Waals surface area contributed by atoms with E-state index in [2.05, 4.69) is 16.0 Å². The van der Waals surface area contributed by atoms with Gasteiger partial charge in [-0.2, -0.15) is 0 Å². The Morgan fingerprint density at radius 3 is 2.52 bits per heavy atom. The molecule has 1 aromatic rings. The molecule has 0 atom stereocenters. The molecule has 23 heavy (non-hydrogen) atoms. The summed E-state index contributed by atoms with van der Waals surface area (Å²) < 4.78 is 0. The smallest absolute Gasteiger partial charge is 0.251 e. The number of nitrogens with one attached hydrogen (secondary N) is 3. The normalized spacial score (nSPS) is 13.5. The van der Waals surface area contributed by atoms with Gasteiger partial charge in [-0.15, -0.1) is 0 Å². The number of hydrogen-bond donors (Lipinski definition) is 3. The molecular weight excluding hydrogens is 296 g/mol. The SMILES string of the molecule is CNC(=O)c1cccc(NC(=O)CN(C)CC(=O)NC2CC2)c1. The van der Waals surface area contributed by atoms with Crippen molar-refractivity contribution in [3.05, 3.63) is 29.8 Å². The molecule has 1 aliphatic carbocycles. The van der Waals surface area contributed by atoms with Crippen molar-refractivity contribution in [3.8, 4) is 0 Å². The Morgan fingerprint density at radius 2 is 1.87 bits per heavy atom. The first kappa shape index (κ1) is 17.0. The number of rotatable bonds is 7. The van der Waals surface area contributed by atoms with E-state index in [1.807, 2.05) is 0 Å². The number of nitrogens with zero attached hydrogens (tertiary/aromatic N) is 1. The van der Waals surface area contributed by atoms with Gasteiger partial charge < -0.3 is 16.0 Å². The van der Waals surface area contributed by atoms with E-state index in [4.69, 9.17) is 0 Å². The molecule has 7 nitrogen and oxygen atoms in total. The molecule has 0 bridgehead atoms. The van der Waals surface area contributed by atoms with Crippen molar-refractivity contribution in [1.29, 1.82) is 0 Å². The van der Waals surface area contributed by atoms with Crippen molar-refractivity contribution in [2.24, 2.45) is 0 Å². The fourth-order valence-corrected chi connectivity index (χ4v) is 2.13. The molecule has 3 N–H and O–H groups in total. The Labute approximate surface area is 135 Å². The van der Waals surface area contributed by atoms with Gasteiger partial charge in [0.15, 0.2) is 0 Å². The van der Waals surface area contributed by atoms with Gasteiger partial charge in [-0.05, 0) is 38.1 Å². The maximum Gasteiger partial charge on any atom is 0.251 e. The molecule has 1 aromatic carbocycles. The predicted octanol–water partition coefficient (Wildman–Crippen LogP) is 0.195. The molecule has 0 radical (unpaired) electrons. The summed E-state index contributed by atoms with van der Waals surface area (Å²) >= 11 is 0. The predicted molar refractivity (Wildman–Crippen MR) is 87.1 cm³/mol. The van der Waals surface area contributed by atoms with Gasteiger partial charge in [-0.3, -0.25) is 19.3 Å². The number of likely N-dealkylation sites (N-methyl/N-ethyl adjacent to an activating group) is 1. The highest BCUT2D eigenvalue weighted by Crippen LogP contribution is 2.18. The lowest BCUT2D eigenvalue weighted by Gasteiger charge is -2.16. The van der Waals surface area contributed by atoms with Gasteiger partial charge in [0.05, 0.1) is 13.1 Å². The van der Waals surface area contributed by atoms with Crippen LogP contribution in [0.4, 0.5) is 5.69 Å². The third-order valence-electron chi connectivity index (χ3n) is 3.41. The summed E-state index contributed by atoms with van der Waals surface area (Å²) in [5.41, 5.74) is 1.02. The molecule has 0 unspecified atom stereocenters. The van der Waals surface area contributed by atoms with Crippen LogP contribution in [0, 0.1) is 0 Å². The topological polar surface area (TPSA) is 90.5 Å². The molecule has 0 saturated heterocycles. The number of hydrogen-bond acceptors (Lipinski definition) is 4. The zero-order chi connectivity index (χ0) is 16.8. The lowest BCUT2D eigenvalue weighted by Crippen LogP contribution is -2.39. The van der Waals surface area contributed by atoms with E-state index in [0.29, 0.717) is 17.3 Å². The lowest BCUT2D eigenvalue weighted by atomic mass is 10.2. The van der Waals surface area contributed by atoms with Gasteiger partial charge >= 0.3 is 0 Å². The third-order valence-corrected chi connectivity index (χ3v) is 3.41. The highest BCUT2D eigenvalue weighted by Gasteiger charge is 2.23. The summed E-state index contributed by atoms with van der Waals surface area (Å²) in [5.74, 6) is -0.514. The maximum absolute atomic E-state index is 12.0. The van der Waals surface area contributed by atoms with Crippen molar-refractivity contribution >= 4 is 23.4 Å². The van der Waals surface area contributed by atoms with Crippen molar-refractivity contribution in [2.45, 2.75) is 18.9 Å². The Hall–Kier alpha value is -2.41. The van der Waals surface area contributed by atoms with Crippen molar-refractivity contribution in [1.82, 2.24) is 15.5 Å². The first-order valence-electron chi connectivity index (χ1n) is 7.58. The minimum atomic E-state index is -0.235. The Kier molecular flexibility index (Phi) is 5.70. The van der Waals surface area contributed by atoms with E-state index in [1.165, 1.54) is 0 Å². The van der Waals surface area contributed by atoms with Crippen LogP contribution in [0.25, 0.3) is 0 Å². The molecule has 0 spiro atoms. The molecule has 7 heteroatoms. The molecule has 0 aliphatic heterocycles. The fourth-order valence-electron chi connectivity index (χ4n) is 2.13. The average Bonchev–Trinajstić information content (AvgIpc) is 3.29. The highest BCUT2D eigenvalue weighted by atomic mass is 16.2. The Balaban J connectivity index is 1.81. The number of amides is 3. The number of carbonyl (C=O) groups excluding carboxylic acids is 3. The summed E-state index contributed by atoms with van der Waals surface area (Å²) in [6, 6.07) is 7.01. The van der Waals surface area contributed by atoms with Crippen LogP contribution in [-0.2, 0) is 9.59 Å². The second-order valence-corrected chi connectivity index (χ2v) is 5.72. The Morgan fingerprint density at radius 1 is 1.17 bits per heavy atom. The minimum Gasteiger partial charge on any atom is -0.355 e. The molecule has 0 heterocycles. The molecular formula is C16H22N4O3. The van der Waals surface area contributed by atoms with Crippen molar-refractivity contribution in [2.75, 3.05) is 32.5 Å². The van der Waals surface area contributed by atoms with Crippen LogP contribution >= 0.6 is 0 Å². The summed E-state index contributed by atoms with van der Waals surface area (Å²) in [5, 5.41) is 8.14. The zero-order valence-corrected chi connectivity index (χ0v) is 13.4. The molecule has 1 fully saturated rings. The van der Waals surface area contributed by atoms with Crippen molar-refractivity contribution in [3.63, 3.8) is 0 Å². The first-order chi connectivity index (χ1) is 11.0. The van der Waals surface area contributed by atoms with Crippen molar-refractivity contribution < 1.29 is 14.4 Å². The molecule has 1 aliphatic rings. The van der Waals surface area contributed by atoms with Gasteiger partial charge in [-0.25, -0.2) is 0 Å². The highest BCUT2D eigenvalue weighted by molar-refractivity contribution is 5.97. The Bertz CT molecular complexity index is 599. The number of benzene rings is 1. The standard InChI is InChI=1S/C16H22N4O3/c1-17-16(23)11-4-3-5-13(8-11)19-15(22)10-20(2)9-14(21)18-12-6-7-12/h3-5,8,12H,6-7,9-10H2,1-2H3,(H,17,23)(H,18,21)(H,19,22). The summed E-state index contributed by atoms with van der Waals surface area (Å²) in [4.78, 5) is 36.9. The quantitative estimate of drug-likeness (QED) is 0.670. The summed E-state index contributed by atoms with van der Waals surface area (Å²) in [6.45, 7) is 0.282. The van der Waals surface area contributed by atoms with Crippen LogP contribution in [0.3, 0.4) is 0 Å². The molecule has 0 aromatic heterocycles. The van der Waals surface area contributed by atoms with Crippen LogP contribution in [-0.4, -0.2) is 55.8 Å². The maximum atomic E-state index is 12.0. The van der Waals surface area contributed by atoms with E-state index >= 15 is 0 Å². The van der Waals surface area contributed by atoms with Crippen LogP contribution in [0.1, 0.15) is 23.2 Å². The van der Waals surface area contributed by atoms with Crippen LogP contribution in [0.15, 0.2) is 24.3 Å². The van der Waals surface area contributed by atoms with Gasteiger partial charge in [-0.1, -0.05) is 6.07 Å². The molecule has 124 valence electrons. The van der Waals surface area contributed by atoms with E-state index in [0.717, 1.165) is 12.8 Å². The van der Waals surface area contributed by atoms with E-state index in [-0.39, 0.29) is 30.8 Å². The number of carbonyl (C=O) groups is 3. The number of anilines is 1. The van der Waals surface area contributed by atoms with Crippen LogP contribution in [0.2, 0.25) is 0 Å². The second kappa shape index (κ2) is 7.73. The molecule has 1 saturated carbocycles. The molecule has 3 amide bonds. The lowest BCUT2D eigenvalue weighted by molar-refractivity contribution is -0.123. The largest absolute Gasteiger partial charge is 0.355 e. The van der Waals surface area contributed by atoms with Crippen LogP contribution < -0.4 is 16.0 Å². The summed E-state index contributed by atoms with van der Waals surface area (Å²) in [6.07, 6.45) is 2.08. The van der Waals surface area contributed by atoms with E-state index in [9.17, 15) is 14.4 Å². The monoisotopic (exact) mass is 318 g/mol. The van der Waals surface area contributed by atoms with E-state index in [1.54, 1.807) is 43.3 Å². The molecule has 2 rings (SSSR count). The van der Waals surface area contributed by atoms with Gasteiger partial charge in [0.1, 0.15) is 0 Å². The third kappa shape index (κ3) is 5.71. The van der Waals surface area contributed by atoms with Gasteiger partial charge in [0, 0.05) is 24.3 Å². The minimum absolute atomic E-state index is 0.0654. The average molecular weight is 318 g/mol. The van der Waals surface area contributed by atoms with Gasteiger partial charge in [0.25, 0.3) is 5.91 Å². The van der Waals surface area contributed by atoms with Gasteiger partial charge in [0.2, 0.25) is 11.8 Å². The van der Waals surface area contributed by atoms with Crippen LogP contribution in [0.5, 0.6) is 0 Å². The first-order valence-corrected chi connectivity index (χ1v) is 7.58. The summed E-state index contributed by atoms with van der Waals surface area (Å²) in [7, 11) is 3.27. The fraction of sp³-hybridized carbons (Fsp3) is 0.438. The second-order valence-electron chi connectivity index (χ2n) is 5.72. The van der Waals surface area contributed by atoms with E-state index < -0.39 is 0 Å². The zero-order valence-electron chi connectivity index (χ0n) is 13.4.